The molecule has 0 saturated carbocycles. The van der Waals surface area contributed by atoms with Crippen LogP contribution in [-0.2, 0) is 4.79 Å². The van der Waals surface area contributed by atoms with Gasteiger partial charge < -0.3 is 9.80 Å². The number of hydrogen-bond acceptors (Lipinski definition) is 4. The molecule has 1 aromatic carbocycles. The highest BCUT2D eigenvalue weighted by molar-refractivity contribution is 8.14. The van der Waals surface area contributed by atoms with Gasteiger partial charge in [-0.25, -0.2) is 9.79 Å². The number of benzene rings is 1. The van der Waals surface area contributed by atoms with Gasteiger partial charge in [-0.2, -0.15) is 0 Å². The van der Waals surface area contributed by atoms with E-state index in [0.717, 1.165) is 43.3 Å². The molecule has 31 heavy (non-hydrogen) atoms. The number of likely N-dealkylation sites (tertiary alicyclic amines) is 2. The van der Waals surface area contributed by atoms with Crippen LogP contribution in [0.15, 0.2) is 23.2 Å². The largest absolute Gasteiger partial charge is 0.325 e. The average molecular weight is 483 g/mol. The quantitative estimate of drug-likeness (QED) is 0.589. The molecule has 0 aromatic heterocycles. The van der Waals surface area contributed by atoms with Crippen molar-refractivity contribution in [1.82, 2.24) is 14.7 Å². The SMILES string of the molecule is CCC1CSC(=Nc2ccc(Cl)c(Cl)c2)N1C(=O)C1CCN(C(=O)N2CCCC2)CC1. The molecule has 1 unspecified atom stereocenters. The first-order valence-electron chi connectivity index (χ1n) is 11.0. The van der Waals surface area contributed by atoms with Crippen LogP contribution in [0, 0.1) is 5.92 Å². The van der Waals surface area contributed by atoms with Crippen LogP contribution >= 0.6 is 35.0 Å². The molecule has 4 rings (SSSR count). The molecule has 0 radical (unpaired) electrons. The van der Waals surface area contributed by atoms with Gasteiger partial charge in [0.25, 0.3) is 0 Å². The van der Waals surface area contributed by atoms with Gasteiger partial charge in [-0.1, -0.05) is 41.9 Å². The van der Waals surface area contributed by atoms with Crippen LogP contribution in [0.3, 0.4) is 0 Å². The van der Waals surface area contributed by atoms with E-state index in [9.17, 15) is 9.59 Å². The third-order valence-corrected chi connectivity index (χ3v) is 8.14. The van der Waals surface area contributed by atoms with E-state index in [2.05, 4.69) is 6.92 Å². The molecule has 1 atom stereocenters. The van der Waals surface area contributed by atoms with Gasteiger partial charge in [-0.3, -0.25) is 9.69 Å². The average Bonchev–Trinajstić information content (AvgIpc) is 3.45. The summed E-state index contributed by atoms with van der Waals surface area (Å²) in [4.78, 5) is 36.6. The fourth-order valence-electron chi connectivity index (χ4n) is 4.42. The Balaban J connectivity index is 1.44. The summed E-state index contributed by atoms with van der Waals surface area (Å²) in [5.41, 5.74) is 0.692. The Morgan fingerprint density at radius 1 is 1.06 bits per heavy atom. The van der Waals surface area contributed by atoms with Crippen molar-refractivity contribution < 1.29 is 9.59 Å². The lowest BCUT2D eigenvalue weighted by atomic mass is 9.95. The molecule has 0 bridgehead atoms. The van der Waals surface area contributed by atoms with Gasteiger partial charge in [-0.15, -0.1) is 0 Å². The van der Waals surface area contributed by atoms with Crippen molar-refractivity contribution >= 4 is 57.8 Å². The van der Waals surface area contributed by atoms with Crippen molar-refractivity contribution in [3.05, 3.63) is 28.2 Å². The van der Waals surface area contributed by atoms with Crippen LogP contribution in [0.2, 0.25) is 10.0 Å². The summed E-state index contributed by atoms with van der Waals surface area (Å²) in [5.74, 6) is 0.896. The van der Waals surface area contributed by atoms with E-state index in [0.29, 0.717) is 41.7 Å². The Bertz CT molecular complexity index is 867. The minimum Gasteiger partial charge on any atom is -0.325 e. The number of rotatable bonds is 3. The van der Waals surface area contributed by atoms with Crippen LogP contribution in [0.1, 0.15) is 39.0 Å². The molecule has 3 fully saturated rings. The van der Waals surface area contributed by atoms with Crippen LogP contribution in [0.25, 0.3) is 0 Å². The van der Waals surface area contributed by atoms with Crippen LogP contribution in [0.5, 0.6) is 0 Å². The van der Waals surface area contributed by atoms with Crippen molar-refractivity contribution in [2.75, 3.05) is 31.9 Å². The summed E-state index contributed by atoms with van der Waals surface area (Å²) in [6.45, 7) is 5.10. The molecule has 9 heteroatoms. The van der Waals surface area contributed by atoms with E-state index in [1.165, 1.54) is 0 Å². The smallest absolute Gasteiger partial charge is 0.319 e. The second-order valence-corrected chi connectivity index (χ2v) is 10.1. The lowest BCUT2D eigenvalue weighted by Gasteiger charge is -2.36. The zero-order chi connectivity index (χ0) is 22.0. The molecule has 3 aliphatic rings. The topological polar surface area (TPSA) is 56.2 Å². The lowest BCUT2D eigenvalue weighted by Crippen LogP contribution is -2.49. The highest BCUT2D eigenvalue weighted by Crippen LogP contribution is 2.34. The van der Waals surface area contributed by atoms with E-state index in [1.807, 2.05) is 20.8 Å². The summed E-state index contributed by atoms with van der Waals surface area (Å²) >= 11 is 13.8. The minimum atomic E-state index is -0.0746. The summed E-state index contributed by atoms with van der Waals surface area (Å²) in [7, 11) is 0. The summed E-state index contributed by atoms with van der Waals surface area (Å²) in [5, 5.41) is 1.66. The van der Waals surface area contributed by atoms with Crippen molar-refractivity contribution in [2.24, 2.45) is 10.9 Å². The number of amides is 3. The Morgan fingerprint density at radius 2 is 1.74 bits per heavy atom. The number of carbonyl (C=O) groups excluding carboxylic acids is 2. The van der Waals surface area contributed by atoms with Crippen LogP contribution in [0.4, 0.5) is 10.5 Å². The first-order valence-corrected chi connectivity index (χ1v) is 12.8. The number of nitrogens with zero attached hydrogens (tertiary/aromatic N) is 4. The van der Waals surface area contributed by atoms with Gasteiger partial charge in [0.15, 0.2) is 5.17 Å². The molecule has 0 spiro atoms. The van der Waals surface area contributed by atoms with Gasteiger partial charge in [-0.05, 0) is 50.3 Å². The van der Waals surface area contributed by atoms with Crippen LogP contribution < -0.4 is 0 Å². The highest BCUT2D eigenvalue weighted by Gasteiger charge is 2.39. The Kier molecular flexibility index (Phi) is 7.34. The maximum absolute atomic E-state index is 13.5. The third-order valence-electron chi connectivity index (χ3n) is 6.30. The lowest BCUT2D eigenvalue weighted by molar-refractivity contribution is -0.134. The first kappa shape index (κ1) is 22.7. The number of aliphatic imine (C=N–C) groups is 1. The van der Waals surface area contributed by atoms with Gasteiger partial charge in [0.2, 0.25) is 5.91 Å². The summed E-state index contributed by atoms with van der Waals surface area (Å²) < 4.78 is 0. The minimum absolute atomic E-state index is 0.0746. The Hall–Kier alpha value is -1.44. The van der Waals surface area contributed by atoms with Crippen molar-refractivity contribution in [1.29, 1.82) is 0 Å². The molecule has 0 aliphatic carbocycles. The molecule has 168 valence electrons. The predicted octanol–water partition coefficient (Wildman–Crippen LogP) is 5.26. The fraction of sp³-hybridized carbons (Fsp3) is 0.591. The number of piperidine rings is 1. The molecular weight excluding hydrogens is 455 g/mol. The molecule has 3 saturated heterocycles. The number of carbonyl (C=O) groups is 2. The predicted molar refractivity (Wildman–Crippen MR) is 127 cm³/mol. The monoisotopic (exact) mass is 482 g/mol. The Labute approximate surface area is 197 Å². The molecule has 3 amide bonds. The number of amidine groups is 1. The second kappa shape index (κ2) is 10.0. The number of urea groups is 1. The molecule has 3 aliphatic heterocycles. The first-order chi connectivity index (χ1) is 15.0. The molecular formula is C22H28Cl2N4O2S. The molecule has 0 N–H and O–H groups in total. The van der Waals surface area contributed by atoms with E-state index < -0.39 is 0 Å². The summed E-state index contributed by atoms with van der Waals surface area (Å²) in [6, 6.07) is 5.53. The Morgan fingerprint density at radius 3 is 2.39 bits per heavy atom. The summed E-state index contributed by atoms with van der Waals surface area (Å²) in [6.07, 6.45) is 4.47. The number of halogens is 2. The van der Waals surface area contributed by atoms with Gasteiger partial charge >= 0.3 is 6.03 Å². The van der Waals surface area contributed by atoms with Crippen molar-refractivity contribution in [2.45, 2.75) is 45.1 Å². The zero-order valence-electron chi connectivity index (χ0n) is 17.7. The standard InChI is InChI=1S/C22H28Cl2N4O2S/c1-2-17-14-31-21(25-16-5-6-18(23)19(24)13-16)28(17)20(29)15-7-11-27(12-8-15)22(30)26-9-3-4-10-26/h5-6,13,15,17H,2-4,7-12,14H2,1H3. The maximum Gasteiger partial charge on any atom is 0.319 e. The van der Waals surface area contributed by atoms with E-state index in [1.54, 1.807) is 23.9 Å². The molecule has 6 nitrogen and oxygen atoms in total. The van der Waals surface area contributed by atoms with Crippen molar-refractivity contribution in [3.8, 4) is 0 Å². The molecule has 3 heterocycles. The maximum atomic E-state index is 13.5. The van der Waals surface area contributed by atoms with Gasteiger partial charge in [0.1, 0.15) is 0 Å². The second-order valence-electron chi connectivity index (χ2n) is 8.31. The van der Waals surface area contributed by atoms with Gasteiger partial charge in [0.05, 0.1) is 15.7 Å². The normalized spacial score (nSPS) is 23.8. The van der Waals surface area contributed by atoms with E-state index in [4.69, 9.17) is 28.2 Å². The third kappa shape index (κ3) is 4.99. The van der Waals surface area contributed by atoms with Crippen molar-refractivity contribution in [3.63, 3.8) is 0 Å². The fourth-order valence-corrected chi connectivity index (χ4v) is 5.99. The molecule has 1 aromatic rings. The number of thioether (sulfide) groups is 1. The van der Waals surface area contributed by atoms with E-state index >= 15 is 0 Å². The van der Waals surface area contributed by atoms with E-state index in [-0.39, 0.29) is 23.9 Å². The zero-order valence-corrected chi connectivity index (χ0v) is 20.1. The number of hydrogen-bond donors (Lipinski definition) is 0. The van der Waals surface area contributed by atoms with Gasteiger partial charge in [0, 0.05) is 43.9 Å². The van der Waals surface area contributed by atoms with Crippen LogP contribution in [-0.4, -0.2) is 69.8 Å². The highest BCUT2D eigenvalue weighted by atomic mass is 35.5.